The third-order valence-corrected chi connectivity index (χ3v) is 4.37. The van der Waals surface area contributed by atoms with E-state index >= 15 is 0 Å². The van der Waals surface area contributed by atoms with Crippen molar-refractivity contribution in [2.24, 2.45) is 0 Å². The molecule has 132 valence electrons. The number of nitrogens with zero attached hydrogens (tertiary/aromatic N) is 1. The van der Waals surface area contributed by atoms with Gasteiger partial charge in [-0.1, -0.05) is 0 Å². The van der Waals surface area contributed by atoms with Crippen molar-refractivity contribution in [1.82, 2.24) is 14.9 Å². The molecule has 7 nitrogen and oxygen atoms in total. The average Bonchev–Trinajstić information content (AvgIpc) is 2.50. The van der Waals surface area contributed by atoms with E-state index < -0.39 is 10.0 Å². The fourth-order valence-electron chi connectivity index (χ4n) is 1.69. The van der Waals surface area contributed by atoms with Gasteiger partial charge in [0.2, 0.25) is 10.0 Å². The number of ether oxygens (including phenoxy) is 1. The van der Waals surface area contributed by atoms with Crippen molar-refractivity contribution in [2.75, 3.05) is 47.4 Å². The number of rotatable bonds is 9. The molecule has 0 aliphatic heterocycles. The summed E-state index contributed by atoms with van der Waals surface area (Å²) in [6.45, 7) is 2.04. The maximum absolute atomic E-state index is 12.1. The highest BCUT2D eigenvalue weighted by atomic mass is 35.5. The maximum atomic E-state index is 12.1. The Bertz CT molecular complexity index is 576. The minimum atomic E-state index is -3.56. The molecule has 0 fully saturated rings. The average molecular weight is 366 g/mol. The largest absolute Gasteiger partial charge is 0.383 e. The van der Waals surface area contributed by atoms with Crippen LogP contribution in [0.4, 0.5) is 0 Å². The summed E-state index contributed by atoms with van der Waals surface area (Å²) in [4.78, 5) is 13.3. The third-order valence-electron chi connectivity index (χ3n) is 2.89. The summed E-state index contributed by atoms with van der Waals surface area (Å²) in [5.41, 5.74) is 0.449. The first kappa shape index (κ1) is 21.8. The molecule has 9 heteroatoms. The molecular weight excluding hydrogens is 342 g/mol. The van der Waals surface area contributed by atoms with Gasteiger partial charge in [-0.2, -0.15) is 0 Å². The van der Waals surface area contributed by atoms with Crippen molar-refractivity contribution < 1.29 is 17.9 Å². The highest BCUT2D eigenvalue weighted by Crippen LogP contribution is 2.11. The number of carbonyl (C=O) groups excluding carboxylic acids is 1. The van der Waals surface area contributed by atoms with E-state index in [-0.39, 0.29) is 29.8 Å². The first-order valence-corrected chi connectivity index (χ1v) is 8.38. The highest BCUT2D eigenvalue weighted by molar-refractivity contribution is 7.89. The van der Waals surface area contributed by atoms with Crippen LogP contribution < -0.4 is 10.0 Å². The van der Waals surface area contributed by atoms with Gasteiger partial charge in [-0.3, -0.25) is 4.79 Å². The molecule has 0 spiro atoms. The van der Waals surface area contributed by atoms with Gasteiger partial charge in [0, 0.05) is 46.4 Å². The predicted octanol–water partition coefficient (Wildman–Crippen LogP) is 0.325. The zero-order valence-electron chi connectivity index (χ0n) is 13.5. The normalized spacial score (nSPS) is 10.9. The van der Waals surface area contributed by atoms with Crippen molar-refractivity contribution in [3.63, 3.8) is 0 Å². The Morgan fingerprint density at radius 1 is 1.13 bits per heavy atom. The van der Waals surface area contributed by atoms with E-state index in [1.807, 2.05) is 0 Å². The number of benzene rings is 1. The number of hydrogen-bond donors (Lipinski definition) is 2. The Kier molecular flexibility index (Phi) is 10.0. The molecule has 2 N–H and O–H groups in total. The van der Waals surface area contributed by atoms with Gasteiger partial charge in [0.25, 0.3) is 5.91 Å². The second-order valence-corrected chi connectivity index (χ2v) is 6.63. The quantitative estimate of drug-likeness (QED) is 0.615. The van der Waals surface area contributed by atoms with Gasteiger partial charge in [0.05, 0.1) is 11.5 Å². The van der Waals surface area contributed by atoms with Gasteiger partial charge < -0.3 is 15.0 Å². The van der Waals surface area contributed by atoms with Crippen LogP contribution in [0.2, 0.25) is 0 Å². The second kappa shape index (κ2) is 10.6. The lowest BCUT2D eigenvalue weighted by atomic mass is 10.2. The first-order valence-electron chi connectivity index (χ1n) is 6.89. The minimum absolute atomic E-state index is 0. The van der Waals surface area contributed by atoms with Crippen LogP contribution in [0.15, 0.2) is 29.2 Å². The van der Waals surface area contributed by atoms with Crippen molar-refractivity contribution >= 4 is 28.3 Å². The predicted molar refractivity (Wildman–Crippen MR) is 91.6 cm³/mol. The van der Waals surface area contributed by atoms with Crippen molar-refractivity contribution in [1.29, 1.82) is 0 Å². The standard InChI is InChI=1S/C14H23N3O4S.ClH/c1-17(2)14(18)12-4-6-13(7-5-12)22(19,20)16-9-8-15-10-11-21-3;/h4-7,15-16H,8-11H2,1-3H3;1H. The number of sulfonamides is 1. The topological polar surface area (TPSA) is 87.7 Å². The number of nitrogens with one attached hydrogen (secondary N) is 2. The van der Waals surface area contributed by atoms with Gasteiger partial charge in [-0.15, -0.1) is 12.4 Å². The molecule has 0 saturated heterocycles. The minimum Gasteiger partial charge on any atom is -0.383 e. The Labute approximate surface area is 143 Å². The lowest BCUT2D eigenvalue weighted by molar-refractivity contribution is 0.0827. The molecule has 0 radical (unpaired) electrons. The van der Waals surface area contributed by atoms with E-state index in [1.165, 1.54) is 29.2 Å². The molecule has 0 unspecified atom stereocenters. The Morgan fingerprint density at radius 3 is 2.26 bits per heavy atom. The van der Waals surface area contributed by atoms with E-state index in [0.29, 0.717) is 25.3 Å². The van der Waals surface area contributed by atoms with Crippen LogP contribution in [0, 0.1) is 0 Å². The lowest BCUT2D eigenvalue weighted by Crippen LogP contribution is -2.33. The van der Waals surface area contributed by atoms with Crippen LogP contribution in [-0.4, -0.2) is 66.7 Å². The van der Waals surface area contributed by atoms with Crippen LogP contribution >= 0.6 is 12.4 Å². The van der Waals surface area contributed by atoms with Crippen LogP contribution in [0.1, 0.15) is 10.4 Å². The van der Waals surface area contributed by atoms with Crippen LogP contribution in [0.5, 0.6) is 0 Å². The molecule has 0 bridgehead atoms. The van der Waals surface area contributed by atoms with Crippen LogP contribution in [-0.2, 0) is 14.8 Å². The molecule has 1 aromatic rings. The summed E-state index contributed by atoms with van der Waals surface area (Å²) in [7, 11) is 1.33. The molecule has 0 aliphatic rings. The number of hydrogen-bond acceptors (Lipinski definition) is 5. The molecular formula is C14H24ClN3O4S. The molecule has 1 amide bonds. The van der Waals surface area contributed by atoms with Gasteiger partial charge in [-0.05, 0) is 24.3 Å². The maximum Gasteiger partial charge on any atom is 0.253 e. The van der Waals surface area contributed by atoms with E-state index in [4.69, 9.17) is 4.74 Å². The van der Waals surface area contributed by atoms with Gasteiger partial charge in [0.15, 0.2) is 0 Å². The second-order valence-electron chi connectivity index (χ2n) is 4.86. The Balaban J connectivity index is 0.00000484. The Hall–Kier alpha value is -1.19. The Morgan fingerprint density at radius 2 is 1.74 bits per heavy atom. The van der Waals surface area contributed by atoms with E-state index in [0.717, 1.165) is 0 Å². The van der Waals surface area contributed by atoms with Gasteiger partial charge in [0.1, 0.15) is 0 Å². The lowest BCUT2D eigenvalue weighted by Gasteiger charge is -2.11. The summed E-state index contributed by atoms with van der Waals surface area (Å²) in [6.07, 6.45) is 0. The summed E-state index contributed by atoms with van der Waals surface area (Å²) in [6, 6.07) is 5.87. The zero-order chi connectivity index (χ0) is 16.6. The zero-order valence-corrected chi connectivity index (χ0v) is 15.2. The molecule has 1 rings (SSSR count). The fraction of sp³-hybridized carbons (Fsp3) is 0.500. The number of amides is 1. The highest BCUT2D eigenvalue weighted by Gasteiger charge is 2.14. The number of methoxy groups -OCH3 is 1. The fourth-order valence-corrected chi connectivity index (χ4v) is 2.72. The molecule has 0 heterocycles. The van der Waals surface area contributed by atoms with Crippen molar-refractivity contribution in [3.8, 4) is 0 Å². The molecule has 0 saturated carbocycles. The molecule has 1 aromatic carbocycles. The first-order chi connectivity index (χ1) is 10.4. The monoisotopic (exact) mass is 365 g/mol. The van der Waals surface area contributed by atoms with Crippen molar-refractivity contribution in [2.45, 2.75) is 4.90 Å². The SMILES string of the molecule is COCCNCCNS(=O)(=O)c1ccc(C(=O)N(C)C)cc1.Cl. The molecule has 23 heavy (non-hydrogen) atoms. The van der Waals surface area contributed by atoms with E-state index in [9.17, 15) is 13.2 Å². The molecule has 0 aliphatic carbocycles. The summed E-state index contributed by atoms with van der Waals surface area (Å²) in [5.74, 6) is -0.167. The van der Waals surface area contributed by atoms with Crippen LogP contribution in [0.25, 0.3) is 0 Å². The summed E-state index contributed by atoms with van der Waals surface area (Å²) >= 11 is 0. The number of halogens is 1. The van der Waals surface area contributed by atoms with Gasteiger partial charge >= 0.3 is 0 Å². The van der Waals surface area contributed by atoms with E-state index in [1.54, 1.807) is 21.2 Å². The summed E-state index contributed by atoms with van der Waals surface area (Å²) < 4.78 is 31.5. The summed E-state index contributed by atoms with van der Waals surface area (Å²) in [5, 5.41) is 3.04. The van der Waals surface area contributed by atoms with E-state index in [2.05, 4.69) is 10.0 Å². The molecule has 0 aromatic heterocycles. The third kappa shape index (κ3) is 7.28. The molecule has 0 atom stereocenters. The van der Waals surface area contributed by atoms with Crippen LogP contribution in [0.3, 0.4) is 0 Å². The smallest absolute Gasteiger partial charge is 0.253 e. The van der Waals surface area contributed by atoms with Gasteiger partial charge in [-0.25, -0.2) is 13.1 Å². The number of carbonyl (C=O) groups is 1. The van der Waals surface area contributed by atoms with Crippen molar-refractivity contribution in [3.05, 3.63) is 29.8 Å².